The van der Waals surface area contributed by atoms with Gasteiger partial charge in [0.15, 0.2) is 0 Å². The molecule has 0 saturated heterocycles. The van der Waals surface area contributed by atoms with Crippen molar-refractivity contribution in [1.82, 2.24) is 29.9 Å². The minimum Gasteiger partial charge on any atom is -0.504 e. The van der Waals surface area contributed by atoms with Crippen LogP contribution in [0.25, 0.3) is 111 Å². The molecule has 6 heterocycles. The number of hydrogen-bond donors (Lipinski definition) is 1. The summed E-state index contributed by atoms with van der Waals surface area (Å²) >= 11 is 0. The van der Waals surface area contributed by atoms with Crippen molar-refractivity contribution in [3.05, 3.63) is 386 Å². The van der Waals surface area contributed by atoms with Gasteiger partial charge in [-0.15, -0.1) is 208 Å². The van der Waals surface area contributed by atoms with Crippen LogP contribution in [0.1, 0.15) is 137 Å². The van der Waals surface area contributed by atoms with Gasteiger partial charge < -0.3 is 35.0 Å². The third kappa shape index (κ3) is 31.9. The van der Waals surface area contributed by atoms with Crippen LogP contribution >= 0.6 is 0 Å². The Morgan fingerprint density at radius 1 is 0.271 bits per heavy atom. The molecule has 0 atom stereocenters. The predicted octanol–water partition coefficient (Wildman–Crippen LogP) is 29.5. The molecule has 0 bridgehead atoms. The Hall–Kier alpha value is -10.7. The predicted molar refractivity (Wildman–Crippen MR) is 487 cm³/mol. The second-order valence-corrected chi connectivity index (χ2v) is 34.7. The summed E-state index contributed by atoms with van der Waals surface area (Å²) in [6.45, 7) is 33.3. The molecular weight excluding hydrogens is 2350 g/mol. The molecule has 0 aliphatic heterocycles. The molecule has 0 unspecified atom stereocenters. The number of aliphatic hydroxyl groups excluding tert-OH is 1. The Balaban J connectivity index is 0.000000232. The van der Waals surface area contributed by atoms with Crippen LogP contribution in [0.5, 0.6) is 0 Å². The fraction of sp³-hybridized carbons (Fsp3) is 0.213. The van der Waals surface area contributed by atoms with Gasteiger partial charge in [0, 0.05) is 124 Å². The van der Waals surface area contributed by atoms with E-state index in [0.29, 0.717) is 11.3 Å². The number of benzene rings is 10. The summed E-state index contributed by atoms with van der Waals surface area (Å²) in [7, 11) is 0. The average molecular weight is 2450 g/mol. The largest absolute Gasteiger partial charge is 0.504 e. The van der Waals surface area contributed by atoms with Crippen molar-refractivity contribution >= 4 is 48.9 Å². The Bertz CT molecular complexity index is 5930. The number of fused-ring (bicyclic) bond motifs is 4. The minimum absolute atomic E-state index is 0. The molecular formula is C108H97F9Ir4N6O2-6. The molecule has 10 aromatic carbocycles. The quantitative estimate of drug-likeness (QED) is 0.0726. The van der Waals surface area contributed by atoms with Crippen molar-refractivity contribution in [1.29, 1.82) is 0 Å². The molecule has 0 amide bonds. The smallest absolute Gasteiger partial charge is 0.454 e. The molecule has 6 aromatic heterocycles. The first kappa shape index (κ1) is 107. The normalized spacial score (nSPS) is 11.6. The van der Waals surface area contributed by atoms with Crippen LogP contribution in [0.15, 0.2) is 316 Å². The molecule has 16 rings (SSSR count). The molecule has 0 aliphatic rings. The van der Waals surface area contributed by atoms with E-state index in [2.05, 4.69) is 310 Å². The molecule has 129 heavy (non-hydrogen) atoms. The molecule has 0 fully saturated rings. The molecule has 8 nitrogen and oxygen atoms in total. The van der Waals surface area contributed by atoms with E-state index in [1.165, 1.54) is 66.2 Å². The minimum atomic E-state index is -5.42. The Labute approximate surface area is 804 Å². The summed E-state index contributed by atoms with van der Waals surface area (Å²) < 4.78 is 106. The number of rotatable bonds is 7. The van der Waals surface area contributed by atoms with Crippen LogP contribution in [0, 0.1) is 36.4 Å². The van der Waals surface area contributed by atoms with Gasteiger partial charge >= 0.3 is 18.5 Å². The maximum atomic E-state index is 12.5. The average Bonchev–Trinajstić information content (AvgIpc) is 0.820. The SMILES string of the molecule is CC(C)(C)c1c[c-]c(-c2cc(C(C)(C)C)ccn2)cc1.CC(C)(C)c1c[c-]c(-c2cc(C(C)(C)C)ccn2)cc1.CC(C)(C)c1c[c-]c(-c2cc3ccccc3cn2)cc1.FC(F)(F)c1c[c-]c(-c2cc3ccccc3cn2)cc1.O=C(C=C(O)C(F)(F)F)C(F)(F)F.[Ir].[Ir].[Ir].[Ir].[c-]1ccccc1-c1cc2ccccc2cn1.[c-]1ccccc1-c1cc2ccccc2cn1. The van der Waals surface area contributed by atoms with Crippen molar-refractivity contribution in [3.8, 4) is 67.5 Å². The Morgan fingerprint density at radius 2 is 0.512 bits per heavy atom. The number of nitrogens with zero attached hydrogens (tertiary/aromatic N) is 6. The van der Waals surface area contributed by atoms with Gasteiger partial charge in [-0.3, -0.25) is 4.79 Å². The molecule has 0 aliphatic carbocycles. The van der Waals surface area contributed by atoms with Crippen molar-refractivity contribution in [2.75, 3.05) is 0 Å². The topological polar surface area (TPSA) is 115 Å². The van der Waals surface area contributed by atoms with Gasteiger partial charge in [0.1, 0.15) is 0 Å². The number of allylic oxidation sites excluding steroid dienone is 2. The number of pyridine rings is 6. The number of ketones is 1. The standard InChI is InChI=1S/C19H18N.2C19H24N.C16H9F3N.2C15H10N.C5H2F6O2.4Ir/c1-19(2,3)17-10-8-14(9-11-17)18-12-15-6-4-5-7-16(15)13-20-18;2*1-18(2,3)15-9-7-14(8-10-15)17-13-16(11-12-20-17)19(4,5)6;17-16(18,19)14-7-5-11(6-8-14)15-9-12-3-1-2-4-13(12)10-20-15;2*1-2-6-12(7-3-1)15-10-13-8-4-5-9-14(13)11-16-15;6-4(7,8)2(12)1-3(13)5(9,10)11;;;;/h4-8,10-13H,1-3H3;2*7,9-13H,1-6H3;1-5,7-10H;2*1-6,8-11H;1,12H;;;;/q6*-1;;;;;. The van der Waals surface area contributed by atoms with Crippen molar-refractivity contribution in [2.45, 2.75) is 149 Å². The summed E-state index contributed by atoms with van der Waals surface area (Å²) in [5, 5.41) is 17.1. The molecule has 676 valence electrons. The van der Waals surface area contributed by atoms with E-state index in [0.717, 1.165) is 79.2 Å². The van der Waals surface area contributed by atoms with Crippen LogP contribution in [0.3, 0.4) is 0 Å². The van der Waals surface area contributed by atoms with Gasteiger partial charge in [-0.05, 0) is 133 Å². The number of hydrogen-bond acceptors (Lipinski definition) is 8. The summed E-state index contributed by atoms with van der Waals surface area (Å²) in [6, 6.07) is 107. The van der Waals surface area contributed by atoms with Gasteiger partial charge in [-0.25, -0.2) is 0 Å². The number of aromatic nitrogens is 6. The fourth-order valence-electron chi connectivity index (χ4n) is 12.3. The van der Waals surface area contributed by atoms with Gasteiger partial charge in [0.05, 0.1) is 0 Å². The van der Waals surface area contributed by atoms with Gasteiger partial charge in [0.25, 0.3) is 5.78 Å². The van der Waals surface area contributed by atoms with Crippen molar-refractivity contribution < 1.29 is 130 Å². The van der Waals surface area contributed by atoms with Gasteiger partial charge in [0.2, 0.25) is 5.76 Å². The molecule has 21 heteroatoms. The van der Waals surface area contributed by atoms with Crippen LogP contribution in [0.4, 0.5) is 39.5 Å². The molecule has 0 saturated carbocycles. The van der Waals surface area contributed by atoms with Crippen molar-refractivity contribution in [3.63, 3.8) is 0 Å². The zero-order valence-corrected chi connectivity index (χ0v) is 83.3. The zero-order chi connectivity index (χ0) is 90.7. The van der Waals surface area contributed by atoms with Crippen LogP contribution in [-0.4, -0.2) is 53.1 Å². The Morgan fingerprint density at radius 3 is 0.729 bits per heavy atom. The fourth-order valence-corrected chi connectivity index (χ4v) is 12.3. The van der Waals surface area contributed by atoms with Crippen LogP contribution < -0.4 is 0 Å². The number of carbonyl (C=O) groups excluding carboxylic acids is 1. The summed E-state index contributed by atoms with van der Waals surface area (Å²) in [5.41, 5.74) is 17.9. The summed E-state index contributed by atoms with van der Waals surface area (Å²) in [5.74, 6) is -5.34. The number of aliphatic hydroxyl groups is 1. The van der Waals surface area contributed by atoms with Gasteiger partial charge in [-0.1, -0.05) is 237 Å². The summed E-state index contributed by atoms with van der Waals surface area (Å²) in [4.78, 5) is 36.5. The second-order valence-electron chi connectivity index (χ2n) is 34.7. The number of alkyl halides is 9. The van der Waals surface area contributed by atoms with Crippen LogP contribution in [-0.2, 0) is 118 Å². The molecule has 16 aromatic rings. The first-order valence-corrected chi connectivity index (χ1v) is 40.4. The maximum absolute atomic E-state index is 12.5. The third-order valence-corrected chi connectivity index (χ3v) is 19.9. The van der Waals surface area contributed by atoms with E-state index in [-0.39, 0.29) is 107 Å². The third-order valence-electron chi connectivity index (χ3n) is 19.9. The van der Waals surface area contributed by atoms with E-state index in [1.807, 2.05) is 140 Å². The van der Waals surface area contributed by atoms with E-state index in [9.17, 15) is 44.3 Å². The number of carbonyl (C=O) groups is 1. The summed E-state index contributed by atoms with van der Waals surface area (Å²) in [6.07, 6.45) is -4.79. The van der Waals surface area contributed by atoms with E-state index in [4.69, 9.17) is 5.11 Å². The first-order valence-electron chi connectivity index (χ1n) is 40.4. The van der Waals surface area contributed by atoms with E-state index in [1.54, 1.807) is 6.20 Å². The van der Waals surface area contributed by atoms with Crippen molar-refractivity contribution in [2.24, 2.45) is 0 Å². The maximum Gasteiger partial charge on any atom is 0.454 e. The first-order chi connectivity index (χ1) is 58.8. The molecule has 1 N–H and O–H groups in total. The van der Waals surface area contributed by atoms with E-state index < -0.39 is 41.7 Å². The zero-order valence-electron chi connectivity index (χ0n) is 73.7. The second kappa shape index (κ2) is 46.7. The molecule has 4 radical (unpaired) electrons. The number of halogens is 9. The Kier molecular flexibility index (Phi) is 38.8. The van der Waals surface area contributed by atoms with Crippen LogP contribution in [0.2, 0.25) is 0 Å². The monoisotopic (exact) mass is 2450 g/mol. The molecule has 0 spiro atoms. The van der Waals surface area contributed by atoms with E-state index >= 15 is 0 Å². The van der Waals surface area contributed by atoms with Gasteiger partial charge in [-0.2, -0.15) is 39.5 Å².